The highest BCUT2D eigenvalue weighted by molar-refractivity contribution is 9.10. The average Bonchev–Trinajstić information content (AvgIpc) is 2.57. The van der Waals surface area contributed by atoms with Crippen LogP contribution in [0.3, 0.4) is 0 Å². The van der Waals surface area contributed by atoms with E-state index in [0.29, 0.717) is 11.6 Å². The van der Waals surface area contributed by atoms with Crippen molar-refractivity contribution in [2.45, 2.75) is 40.0 Å². The normalized spacial score (nSPS) is 10.1. The number of nitrogens with two attached hydrogens (primary N) is 1. The highest BCUT2D eigenvalue weighted by Gasteiger charge is 2.08. The van der Waals surface area contributed by atoms with Gasteiger partial charge in [-0.2, -0.15) is 0 Å². The van der Waals surface area contributed by atoms with E-state index in [9.17, 15) is 0 Å². The molecule has 0 fully saturated rings. The summed E-state index contributed by atoms with van der Waals surface area (Å²) in [7, 11) is 1.64. The summed E-state index contributed by atoms with van der Waals surface area (Å²) in [5, 5.41) is 3.24. The van der Waals surface area contributed by atoms with Crippen LogP contribution in [0.5, 0.6) is 5.75 Å². The van der Waals surface area contributed by atoms with Gasteiger partial charge >= 0.3 is 0 Å². The maximum atomic E-state index is 5.91. The summed E-state index contributed by atoms with van der Waals surface area (Å²) in [5.41, 5.74) is 10.2. The minimum atomic E-state index is 0.653. The number of rotatable bonds is 5. The van der Waals surface area contributed by atoms with Crippen LogP contribution < -0.4 is 15.8 Å². The summed E-state index contributed by atoms with van der Waals surface area (Å²) in [6.45, 7) is 9.53. The lowest BCUT2D eigenvalue weighted by atomic mass is 10.0. The van der Waals surface area contributed by atoms with Crippen LogP contribution in [0.25, 0.3) is 0 Å². The quantitative estimate of drug-likeness (QED) is 0.615. The van der Waals surface area contributed by atoms with Crippen LogP contribution >= 0.6 is 15.9 Å². The number of aryl methyl sites for hydroxylation is 1. The van der Waals surface area contributed by atoms with Crippen LogP contribution in [-0.4, -0.2) is 13.7 Å². The van der Waals surface area contributed by atoms with E-state index < -0.39 is 0 Å². The molecule has 0 radical (unpaired) electrons. The number of benzene rings is 2. The molecule has 0 aliphatic carbocycles. The summed E-state index contributed by atoms with van der Waals surface area (Å²) in [6.07, 6.45) is 1.05. The Bertz CT molecular complexity index is 624. The van der Waals surface area contributed by atoms with E-state index in [1.165, 1.54) is 11.1 Å². The molecule has 3 N–H and O–H groups in total. The van der Waals surface area contributed by atoms with Gasteiger partial charge in [0.05, 0.1) is 12.8 Å². The lowest BCUT2D eigenvalue weighted by molar-refractivity contribution is 0.416. The second-order valence-electron chi connectivity index (χ2n) is 6.03. The van der Waals surface area contributed by atoms with Gasteiger partial charge in [-0.15, -0.1) is 0 Å². The second-order valence-corrected chi connectivity index (χ2v) is 6.88. The Morgan fingerprint density at radius 2 is 1.75 bits per heavy atom. The molecule has 0 spiro atoms. The molecule has 0 saturated heterocycles. The highest BCUT2D eigenvalue weighted by atomic mass is 79.9. The molecule has 24 heavy (non-hydrogen) atoms. The predicted molar refractivity (Wildman–Crippen MR) is 109 cm³/mol. The van der Waals surface area contributed by atoms with E-state index in [-0.39, 0.29) is 0 Å². The molecular weight excluding hydrogens is 364 g/mol. The molecule has 4 heteroatoms. The SMILES string of the molecule is CCCNc1c(OC)ccc(Br)c1N.Cc1ccc(C(C)C)cc1. The van der Waals surface area contributed by atoms with Crippen molar-refractivity contribution in [2.75, 3.05) is 24.7 Å². The molecule has 2 rings (SSSR count). The number of hydrogen-bond acceptors (Lipinski definition) is 3. The van der Waals surface area contributed by atoms with Crippen molar-refractivity contribution in [3.05, 3.63) is 52.0 Å². The molecule has 0 heterocycles. The van der Waals surface area contributed by atoms with Crippen LogP contribution in [0.1, 0.15) is 44.2 Å². The Kier molecular flexibility index (Phi) is 8.69. The molecule has 3 nitrogen and oxygen atoms in total. The summed E-state index contributed by atoms with van der Waals surface area (Å²) in [6, 6.07) is 12.5. The molecule has 0 amide bonds. The van der Waals surface area contributed by atoms with Crippen LogP contribution in [-0.2, 0) is 0 Å². The molecule has 0 saturated carbocycles. The molecule has 2 aromatic rings. The fourth-order valence-electron chi connectivity index (χ4n) is 2.13. The van der Waals surface area contributed by atoms with Gasteiger partial charge in [-0.1, -0.05) is 50.6 Å². The second kappa shape index (κ2) is 10.2. The van der Waals surface area contributed by atoms with Gasteiger partial charge in [0, 0.05) is 11.0 Å². The fourth-order valence-corrected chi connectivity index (χ4v) is 2.46. The van der Waals surface area contributed by atoms with Crippen molar-refractivity contribution in [3.8, 4) is 5.75 Å². The van der Waals surface area contributed by atoms with E-state index in [0.717, 1.165) is 28.9 Å². The lowest BCUT2D eigenvalue weighted by Crippen LogP contribution is -2.05. The topological polar surface area (TPSA) is 47.3 Å². The van der Waals surface area contributed by atoms with Crippen molar-refractivity contribution in [3.63, 3.8) is 0 Å². The van der Waals surface area contributed by atoms with Crippen LogP contribution in [0.15, 0.2) is 40.9 Å². The van der Waals surface area contributed by atoms with Crippen LogP contribution in [0, 0.1) is 6.92 Å². The van der Waals surface area contributed by atoms with E-state index in [4.69, 9.17) is 10.5 Å². The van der Waals surface area contributed by atoms with Crippen molar-refractivity contribution < 1.29 is 4.74 Å². The fraction of sp³-hybridized carbons (Fsp3) is 0.400. The third kappa shape index (κ3) is 6.08. The number of halogens is 1. The Balaban J connectivity index is 0.000000254. The molecule has 0 atom stereocenters. The van der Waals surface area contributed by atoms with Gasteiger partial charge in [0.15, 0.2) is 0 Å². The number of hydrogen-bond donors (Lipinski definition) is 2. The standard InChI is InChI=1S/C10H15BrN2O.C10H14/c1-3-6-13-10-8(14-2)5-4-7(11)9(10)12;1-8(2)10-6-4-9(3)5-7-10/h4-5,13H,3,6,12H2,1-2H3;4-8H,1-3H3. The molecule has 0 unspecified atom stereocenters. The van der Waals surface area contributed by atoms with Gasteiger partial charge in [0.1, 0.15) is 11.4 Å². The zero-order chi connectivity index (χ0) is 18.1. The molecule has 0 aromatic heterocycles. The first kappa shape index (κ1) is 20.4. The third-order valence-electron chi connectivity index (χ3n) is 3.67. The smallest absolute Gasteiger partial charge is 0.144 e. The minimum Gasteiger partial charge on any atom is -0.495 e. The Morgan fingerprint density at radius 3 is 2.25 bits per heavy atom. The number of nitrogen functional groups attached to an aromatic ring is 1. The third-order valence-corrected chi connectivity index (χ3v) is 4.36. The first-order chi connectivity index (χ1) is 11.4. The molecule has 0 aliphatic rings. The molecule has 132 valence electrons. The van der Waals surface area contributed by atoms with E-state index in [1.807, 2.05) is 12.1 Å². The number of anilines is 2. The Morgan fingerprint density at radius 1 is 1.12 bits per heavy atom. The predicted octanol–water partition coefficient (Wildman–Crippen LogP) is 5.98. The number of nitrogens with one attached hydrogen (secondary N) is 1. The summed E-state index contributed by atoms with van der Waals surface area (Å²) in [4.78, 5) is 0. The Labute approximate surface area is 154 Å². The van der Waals surface area contributed by atoms with E-state index in [1.54, 1.807) is 7.11 Å². The molecule has 0 bridgehead atoms. The highest BCUT2D eigenvalue weighted by Crippen LogP contribution is 2.35. The number of methoxy groups -OCH3 is 1. The van der Waals surface area contributed by atoms with Gasteiger partial charge in [-0.05, 0) is 52.9 Å². The minimum absolute atomic E-state index is 0.653. The maximum Gasteiger partial charge on any atom is 0.144 e. The van der Waals surface area contributed by atoms with Gasteiger partial charge in [-0.25, -0.2) is 0 Å². The largest absolute Gasteiger partial charge is 0.495 e. The van der Waals surface area contributed by atoms with Gasteiger partial charge in [0.2, 0.25) is 0 Å². The number of ether oxygens (including phenoxy) is 1. The molecule has 2 aromatic carbocycles. The van der Waals surface area contributed by atoms with E-state index >= 15 is 0 Å². The average molecular weight is 393 g/mol. The summed E-state index contributed by atoms with van der Waals surface area (Å²) < 4.78 is 6.10. The van der Waals surface area contributed by atoms with E-state index in [2.05, 4.69) is 73.2 Å². The van der Waals surface area contributed by atoms with Crippen molar-refractivity contribution in [2.24, 2.45) is 0 Å². The van der Waals surface area contributed by atoms with Gasteiger partial charge < -0.3 is 15.8 Å². The summed E-state index contributed by atoms with van der Waals surface area (Å²) >= 11 is 3.38. The van der Waals surface area contributed by atoms with Gasteiger partial charge in [-0.3, -0.25) is 0 Å². The zero-order valence-electron chi connectivity index (χ0n) is 15.3. The van der Waals surface area contributed by atoms with Crippen LogP contribution in [0.2, 0.25) is 0 Å². The summed E-state index contributed by atoms with van der Waals surface area (Å²) in [5.74, 6) is 1.43. The molecule has 0 aliphatic heterocycles. The van der Waals surface area contributed by atoms with Crippen molar-refractivity contribution >= 4 is 27.3 Å². The van der Waals surface area contributed by atoms with Gasteiger partial charge in [0.25, 0.3) is 0 Å². The Hall–Kier alpha value is -1.68. The molecular formula is C20H29BrN2O. The monoisotopic (exact) mass is 392 g/mol. The zero-order valence-corrected chi connectivity index (χ0v) is 16.9. The first-order valence-electron chi connectivity index (χ1n) is 8.33. The first-order valence-corrected chi connectivity index (χ1v) is 9.12. The van der Waals surface area contributed by atoms with Crippen LogP contribution in [0.4, 0.5) is 11.4 Å². The maximum absolute atomic E-state index is 5.91. The lowest BCUT2D eigenvalue weighted by Gasteiger charge is -2.13. The van der Waals surface area contributed by atoms with Crippen molar-refractivity contribution in [1.29, 1.82) is 0 Å². The van der Waals surface area contributed by atoms with Crippen molar-refractivity contribution in [1.82, 2.24) is 0 Å².